The number of carboxylic acids is 1. The number of aromatic carboxylic acids is 1. The van der Waals surface area contributed by atoms with E-state index in [4.69, 9.17) is 9.84 Å². The molecule has 0 spiro atoms. The molecule has 1 aromatic rings. The van der Waals surface area contributed by atoms with E-state index in [1.807, 2.05) is 0 Å². The molecule has 7 heteroatoms. The summed E-state index contributed by atoms with van der Waals surface area (Å²) in [6.07, 6.45) is -4.68. The number of hydrogen-bond acceptors (Lipinski definition) is 3. The average molecular weight is 304 g/mol. The molecule has 0 radical (unpaired) electrons. The lowest BCUT2D eigenvalue weighted by Crippen LogP contribution is -2.57. The Morgan fingerprint density at radius 2 is 2.10 bits per heavy atom. The summed E-state index contributed by atoms with van der Waals surface area (Å²) in [6, 6.07) is 5.85. The van der Waals surface area contributed by atoms with Crippen molar-refractivity contribution in [3.05, 3.63) is 29.8 Å². The molecule has 0 unspecified atom stereocenters. The molecule has 0 atom stereocenters. The van der Waals surface area contributed by atoms with Crippen molar-refractivity contribution in [2.75, 3.05) is 13.7 Å². The van der Waals surface area contributed by atoms with Gasteiger partial charge in [0.2, 0.25) is 0 Å². The normalized spacial score (nSPS) is 25.2. The highest BCUT2D eigenvalue weighted by atomic mass is 19.4. The zero-order chi connectivity index (χ0) is 15.7. The highest BCUT2D eigenvalue weighted by Gasteiger charge is 2.62. The Hall–Kier alpha value is -1.76. The standard InChI is InChI=1S/C14H15F3O4/c1-20-13(14(15,16)17)6-9(7-13)8-21-11-4-2-3-10(5-11)12(18)19/h2-5,9H,6-8H2,1H3,(H,18,19). The summed E-state index contributed by atoms with van der Waals surface area (Å²) in [6.45, 7) is 0.101. The van der Waals surface area contributed by atoms with E-state index in [0.29, 0.717) is 5.75 Å². The van der Waals surface area contributed by atoms with Crippen molar-refractivity contribution in [3.63, 3.8) is 0 Å². The number of hydrogen-bond donors (Lipinski definition) is 1. The lowest BCUT2D eigenvalue weighted by Gasteiger charge is -2.46. The van der Waals surface area contributed by atoms with Gasteiger partial charge in [0, 0.05) is 7.11 Å². The van der Waals surface area contributed by atoms with Gasteiger partial charge >= 0.3 is 12.1 Å². The Balaban J connectivity index is 1.89. The second-order valence-electron chi connectivity index (χ2n) is 5.11. The maximum absolute atomic E-state index is 12.8. The highest BCUT2D eigenvalue weighted by molar-refractivity contribution is 5.87. The first-order valence-corrected chi connectivity index (χ1v) is 6.35. The number of halogens is 3. The molecular weight excluding hydrogens is 289 g/mol. The molecule has 2 rings (SSSR count). The molecular formula is C14H15F3O4. The van der Waals surface area contributed by atoms with E-state index in [1.54, 1.807) is 6.07 Å². The molecule has 1 N–H and O–H groups in total. The molecule has 1 aromatic carbocycles. The molecule has 0 bridgehead atoms. The third-order valence-electron chi connectivity index (χ3n) is 3.71. The van der Waals surface area contributed by atoms with Crippen LogP contribution in [0.5, 0.6) is 5.75 Å². The van der Waals surface area contributed by atoms with E-state index >= 15 is 0 Å². The molecule has 0 aromatic heterocycles. The molecule has 0 saturated heterocycles. The summed E-state index contributed by atoms with van der Waals surface area (Å²) in [7, 11) is 1.06. The summed E-state index contributed by atoms with van der Waals surface area (Å²) in [5.74, 6) is -1.02. The van der Waals surface area contributed by atoms with Crippen molar-refractivity contribution >= 4 is 5.97 Å². The van der Waals surface area contributed by atoms with Gasteiger partial charge < -0.3 is 14.6 Å². The molecule has 116 valence electrons. The van der Waals surface area contributed by atoms with Gasteiger partial charge in [0.05, 0.1) is 12.2 Å². The summed E-state index contributed by atoms with van der Waals surface area (Å²) in [5.41, 5.74) is -1.99. The van der Waals surface area contributed by atoms with E-state index in [9.17, 15) is 18.0 Å². The number of alkyl halides is 3. The minimum atomic E-state index is -4.39. The Morgan fingerprint density at radius 1 is 1.43 bits per heavy atom. The Kier molecular flexibility index (Phi) is 4.13. The van der Waals surface area contributed by atoms with Crippen LogP contribution in [0, 0.1) is 5.92 Å². The predicted molar refractivity (Wildman–Crippen MR) is 67.4 cm³/mol. The van der Waals surface area contributed by atoms with Crippen LogP contribution in [-0.4, -0.2) is 36.6 Å². The molecule has 21 heavy (non-hydrogen) atoms. The fourth-order valence-electron chi connectivity index (χ4n) is 2.44. The second kappa shape index (κ2) is 5.55. The van der Waals surface area contributed by atoms with Gasteiger partial charge in [-0.2, -0.15) is 13.2 Å². The second-order valence-corrected chi connectivity index (χ2v) is 5.11. The SMILES string of the molecule is COC1(C(F)(F)F)CC(COc2cccc(C(=O)O)c2)C1. The molecule has 0 heterocycles. The number of rotatable bonds is 5. The van der Waals surface area contributed by atoms with Crippen molar-refractivity contribution in [1.29, 1.82) is 0 Å². The third-order valence-corrected chi connectivity index (χ3v) is 3.71. The van der Waals surface area contributed by atoms with Crippen LogP contribution in [0.4, 0.5) is 13.2 Å². The van der Waals surface area contributed by atoms with Crippen molar-refractivity contribution in [3.8, 4) is 5.75 Å². The van der Waals surface area contributed by atoms with E-state index in [0.717, 1.165) is 7.11 Å². The highest BCUT2D eigenvalue weighted by Crippen LogP contribution is 2.50. The van der Waals surface area contributed by atoms with Crippen molar-refractivity contribution in [2.45, 2.75) is 24.6 Å². The first kappa shape index (κ1) is 15.6. The average Bonchev–Trinajstić information content (AvgIpc) is 2.36. The zero-order valence-corrected chi connectivity index (χ0v) is 11.3. The molecule has 4 nitrogen and oxygen atoms in total. The van der Waals surface area contributed by atoms with Gasteiger partial charge in [-0.25, -0.2) is 4.79 Å². The molecule has 1 fully saturated rings. The molecule has 1 aliphatic rings. The van der Waals surface area contributed by atoms with Crippen LogP contribution in [0.2, 0.25) is 0 Å². The number of benzene rings is 1. The first-order valence-electron chi connectivity index (χ1n) is 6.35. The van der Waals surface area contributed by atoms with Crippen LogP contribution >= 0.6 is 0 Å². The minimum Gasteiger partial charge on any atom is -0.493 e. The smallest absolute Gasteiger partial charge is 0.417 e. The summed E-state index contributed by atoms with van der Waals surface area (Å²) in [4.78, 5) is 10.8. The van der Waals surface area contributed by atoms with Gasteiger partial charge in [0.25, 0.3) is 0 Å². The van der Waals surface area contributed by atoms with Crippen LogP contribution in [0.15, 0.2) is 24.3 Å². The lowest BCUT2D eigenvalue weighted by atomic mass is 9.70. The Bertz CT molecular complexity index is 521. The largest absolute Gasteiger partial charge is 0.493 e. The van der Waals surface area contributed by atoms with Gasteiger partial charge in [-0.1, -0.05) is 6.07 Å². The zero-order valence-electron chi connectivity index (χ0n) is 11.3. The van der Waals surface area contributed by atoms with E-state index in [-0.39, 0.29) is 30.9 Å². The summed E-state index contributed by atoms with van der Waals surface area (Å²) in [5, 5.41) is 8.84. The van der Waals surface area contributed by atoms with E-state index < -0.39 is 17.7 Å². The van der Waals surface area contributed by atoms with Gasteiger partial charge in [0.15, 0.2) is 5.60 Å². The number of carbonyl (C=O) groups is 1. The van der Waals surface area contributed by atoms with E-state index in [2.05, 4.69) is 4.74 Å². The van der Waals surface area contributed by atoms with Crippen LogP contribution in [-0.2, 0) is 4.74 Å². The number of ether oxygens (including phenoxy) is 2. The van der Waals surface area contributed by atoms with Gasteiger partial charge in [-0.05, 0) is 37.0 Å². The fraction of sp³-hybridized carbons (Fsp3) is 0.500. The third kappa shape index (κ3) is 3.12. The topological polar surface area (TPSA) is 55.8 Å². The van der Waals surface area contributed by atoms with Gasteiger partial charge in [-0.15, -0.1) is 0 Å². The molecule has 1 saturated carbocycles. The van der Waals surface area contributed by atoms with Gasteiger partial charge in [-0.3, -0.25) is 0 Å². The monoisotopic (exact) mass is 304 g/mol. The summed E-state index contributed by atoms with van der Waals surface area (Å²) >= 11 is 0. The van der Waals surface area contributed by atoms with Crippen LogP contribution in [0.3, 0.4) is 0 Å². The maximum atomic E-state index is 12.8. The molecule has 1 aliphatic carbocycles. The predicted octanol–water partition coefficient (Wildman–Crippen LogP) is 3.12. The number of carboxylic acid groups (broad SMARTS) is 1. The quantitative estimate of drug-likeness (QED) is 0.908. The van der Waals surface area contributed by atoms with Crippen molar-refractivity contribution < 1.29 is 32.5 Å². The van der Waals surface area contributed by atoms with E-state index in [1.165, 1.54) is 18.2 Å². The van der Waals surface area contributed by atoms with Crippen LogP contribution in [0.25, 0.3) is 0 Å². The van der Waals surface area contributed by atoms with Crippen LogP contribution < -0.4 is 4.74 Å². The minimum absolute atomic E-state index is 0.0719. The number of methoxy groups -OCH3 is 1. The van der Waals surface area contributed by atoms with Gasteiger partial charge in [0.1, 0.15) is 5.75 Å². The summed E-state index contributed by atoms with van der Waals surface area (Å²) < 4.78 is 48.4. The first-order chi connectivity index (χ1) is 9.77. The molecule has 0 aliphatic heterocycles. The Labute approximate surface area is 119 Å². The van der Waals surface area contributed by atoms with Crippen LogP contribution in [0.1, 0.15) is 23.2 Å². The van der Waals surface area contributed by atoms with Crippen molar-refractivity contribution in [1.82, 2.24) is 0 Å². The lowest BCUT2D eigenvalue weighted by molar-refractivity contribution is -0.309. The maximum Gasteiger partial charge on any atom is 0.417 e. The fourth-order valence-corrected chi connectivity index (χ4v) is 2.44. The van der Waals surface area contributed by atoms with Crippen molar-refractivity contribution in [2.24, 2.45) is 5.92 Å². The molecule has 0 amide bonds. The Morgan fingerprint density at radius 3 is 2.62 bits per heavy atom.